The molecule has 1 aliphatic rings. The highest BCUT2D eigenvalue weighted by atomic mass is 19.3. The summed E-state index contributed by atoms with van der Waals surface area (Å²) in [4.78, 5) is 0. The van der Waals surface area contributed by atoms with Gasteiger partial charge in [0.25, 0.3) is 5.92 Å². The van der Waals surface area contributed by atoms with E-state index < -0.39 is 11.8 Å². The molecule has 0 amide bonds. The highest BCUT2D eigenvalue weighted by molar-refractivity contribution is 5.34. The molecular formula is C15H20F2O. The molecule has 2 rings (SSSR count). The molecule has 1 fully saturated rings. The van der Waals surface area contributed by atoms with Crippen LogP contribution in [-0.4, -0.2) is 11.7 Å². The maximum absolute atomic E-state index is 14.0. The Kier molecular flexibility index (Phi) is 3.45. The largest absolute Gasteiger partial charge is 0.395 e. The normalized spacial score (nSPS) is 18.8. The van der Waals surface area contributed by atoms with Gasteiger partial charge < -0.3 is 5.11 Å². The highest BCUT2D eigenvalue weighted by Gasteiger charge is 2.40. The molecule has 0 radical (unpaired) electrons. The van der Waals surface area contributed by atoms with Crippen LogP contribution in [0.5, 0.6) is 0 Å². The Balaban J connectivity index is 2.36. The SMILES string of the molecule is CC(C)C(F)(F)c1cccc(C2(CO)CCC2)c1. The lowest BCUT2D eigenvalue weighted by Crippen LogP contribution is -2.38. The molecule has 0 spiro atoms. The van der Waals surface area contributed by atoms with Gasteiger partial charge in [0, 0.05) is 16.9 Å². The predicted octanol–water partition coefficient (Wildman–Crippen LogP) is 3.85. The molecule has 1 saturated carbocycles. The number of aliphatic hydroxyl groups is 1. The van der Waals surface area contributed by atoms with Crippen molar-refractivity contribution in [2.75, 3.05) is 6.61 Å². The van der Waals surface area contributed by atoms with E-state index in [0.717, 1.165) is 24.8 Å². The summed E-state index contributed by atoms with van der Waals surface area (Å²) in [5.41, 5.74) is 0.645. The van der Waals surface area contributed by atoms with Crippen LogP contribution in [0.2, 0.25) is 0 Å². The van der Waals surface area contributed by atoms with Gasteiger partial charge >= 0.3 is 0 Å². The Labute approximate surface area is 107 Å². The molecule has 0 saturated heterocycles. The molecule has 1 aromatic carbocycles. The maximum Gasteiger partial charge on any atom is 0.275 e. The van der Waals surface area contributed by atoms with Crippen LogP contribution in [0.25, 0.3) is 0 Å². The predicted molar refractivity (Wildman–Crippen MR) is 67.8 cm³/mol. The summed E-state index contributed by atoms with van der Waals surface area (Å²) in [6, 6.07) is 6.59. The molecule has 0 atom stereocenters. The molecule has 100 valence electrons. The average Bonchev–Trinajstić information content (AvgIpc) is 2.28. The van der Waals surface area contributed by atoms with Gasteiger partial charge in [-0.1, -0.05) is 38.5 Å². The average molecular weight is 254 g/mol. The van der Waals surface area contributed by atoms with Gasteiger partial charge in [-0.15, -0.1) is 0 Å². The van der Waals surface area contributed by atoms with E-state index in [9.17, 15) is 13.9 Å². The number of halogens is 2. The summed E-state index contributed by atoms with van der Waals surface area (Å²) >= 11 is 0. The Morgan fingerprint density at radius 1 is 1.33 bits per heavy atom. The monoisotopic (exact) mass is 254 g/mol. The van der Waals surface area contributed by atoms with Crippen LogP contribution in [0.1, 0.15) is 44.2 Å². The van der Waals surface area contributed by atoms with Gasteiger partial charge in [-0.2, -0.15) is 0 Å². The second-order valence-electron chi connectivity index (χ2n) is 5.65. The smallest absolute Gasteiger partial charge is 0.275 e. The second-order valence-corrected chi connectivity index (χ2v) is 5.65. The zero-order valence-electron chi connectivity index (χ0n) is 10.9. The first kappa shape index (κ1) is 13.5. The summed E-state index contributed by atoms with van der Waals surface area (Å²) in [7, 11) is 0. The van der Waals surface area contributed by atoms with E-state index in [1.165, 1.54) is 19.9 Å². The summed E-state index contributed by atoms with van der Waals surface area (Å²) in [6.07, 6.45) is 2.84. The number of hydrogen-bond acceptors (Lipinski definition) is 1. The zero-order chi connectivity index (χ0) is 13.4. The molecule has 0 aromatic heterocycles. The molecule has 0 bridgehead atoms. The molecular weight excluding hydrogens is 234 g/mol. The number of hydrogen-bond donors (Lipinski definition) is 1. The summed E-state index contributed by atoms with van der Waals surface area (Å²) in [5, 5.41) is 9.51. The van der Waals surface area contributed by atoms with Crippen LogP contribution >= 0.6 is 0 Å². The van der Waals surface area contributed by atoms with E-state index in [1.807, 2.05) is 6.07 Å². The van der Waals surface area contributed by atoms with Gasteiger partial charge in [-0.25, -0.2) is 8.78 Å². The topological polar surface area (TPSA) is 20.2 Å². The van der Waals surface area contributed by atoms with Crippen molar-refractivity contribution in [3.63, 3.8) is 0 Å². The van der Waals surface area contributed by atoms with Crippen molar-refractivity contribution in [2.24, 2.45) is 5.92 Å². The molecule has 1 N–H and O–H groups in total. The fraction of sp³-hybridized carbons (Fsp3) is 0.600. The third kappa shape index (κ3) is 2.05. The van der Waals surface area contributed by atoms with Crippen LogP contribution in [0.4, 0.5) is 8.78 Å². The van der Waals surface area contributed by atoms with Crippen molar-refractivity contribution in [2.45, 2.75) is 44.4 Å². The molecule has 3 heteroatoms. The van der Waals surface area contributed by atoms with Crippen molar-refractivity contribution >= 4 is 0 Å². The molecule has 1 aromatic rings. The van der Waals surface area contributed by atoms with Crippen LogP contribution in [0.3, 0.4) is 0 Å². The third-order valence-electron chi connectivity index (χ3n) is 4.20. The van der Waals surface area contributed by atoms with Gasteiger partial charge in [0.1, 0.15) is 0 Å². The molecule has 0 heterocycles. The van der Waals surface area contributed by atoms with Crippen LogP contribution in [0, 0.1) is 5.92 Å². The van der Waals surface area contributed by atoms with Crippen molar-refractivity contribution in [1.29, 1.82) is 0 Å². The standard InChI is InChI=1S/C15H20F2O/c1-11(2)15(16,17)13-6-3-5-12(9-13)14(10-18)7-4-8-14/h3,5-6,9,11,18H,4,7-8,10H2,1-2H3. The number of rotatable bonds is 4. The zero-order valence-corrected chi connectivity index (χ0v) is 10.9. The highest BCUT2D eigenvalue weighted by Crippen LogP contribution is 2.45. The lowest BCUT2D eigenvalue weighted by atomic mass is 9.65. The summed E-state index contributed by atoms with van der Waals surface area (Å²) < 4.78 is 28.0. The van der Waals surface area contributed by atoms with E-state index in [-0.39, 0.29) is 17.6 Å². The van der Waals surface area contributed by atoms with Crippen molar-refractivity contribution in [3.05, 3.63) is 35.4 Å². The molecule has 0 aliphatic heterocycles. The molecule has 1 aliphatic carbocycles. The van der Waals surface area contributed by atoms with Crippen LogP contribution in [0.15, 0.2) is 24.3 Å². The first-order chi connectivity index (χ1) is 8.42. The van der Waals surface area contributed by atoms with E-state index in [0.29, 0.717) is 0 Å². The minimum Gasteiger partial charge on any atom is -0.395 e. The minimum absolute atomic E-state index is 0.0453. The fourth-order valence-electron chi connectivity index (χ4n) is 2.53. The number of aliphatic hydroxyl groups excluding tert-OH is 1. The third-order valence-corrected chi connectivity index (χ3v) is 4.20. The molecule has 1 nitrogen and oxygen atoms in total. The van der Waals surface area contributed by atoms with E-state index >= 15 is 0 Å². The van der Waals surface area contributed by atoms with Crippen molar-refractivity contribution in [1.82, 2.24) is 0 Å². The lowest BCUT2D eigenvalue weighted by molar-refractivity contribution is -0.0516. The number of benzene rings is 1. The van der Waals surface area contributed by atoms with Gasteiger partial charge in [-0.3, -0.25) is 0 Å². The van der Waals surface area contributed by atoms with E-state index in [1.54, 1.807) is 12.1 Å². The van der Waals surface area contributed by atoms with Crippen molar-refractivity contribution in [3.8, 4) is 0 Å². The number of alkyl halides is 2. The quantitative estimate of drug-likeness (QED) is 0.865. The molecule has 18 heavy (non-hydrogen) atoms. The van der Waals surface area contributed by atoms with Crippen LogP contribution in [-0.2, 0) is 11.3 Å². The van der Waals surface area contributed by atoms with Crippen LogP contribution < -0.4 is 0 Å². The van der Waals surface area contributed by atoms with E-state index in [2.05, 4.69) is 0 Å². The Bertz CT molecular complexity index is 399. The summed E-state index contributed by atoms with van der Waals surface area (Å²) in [6.45, 7) is 3.10. The Morgan fingerprint density at radius 2 is 2.00 bits per heavy atom. The maximum atomic E-state index is 14.0. The van der Waals surface area contributed by atoms with Gasteiger partial charge in [0.2, 0.25) is 0 Å². The van der Waals surface area contributed by atoms with E-state index in [4.69, 9.17) is 0 Å². The first-order valence-electron chi connectivity index (χ1n) is 6.52. The van der Waals surface area contributed by atoms with Gasteiger partial charge in [0.05, 0.1) is 6.61 Å². The Hall–Kier alpha value is -0.960. The first-order valence-corrected chi connectivity index (χ1v) is 6.52. The van der Waals surface area contributed by atoms with Crippen molar-refractivity contribution < 1.29 is 13.9 Å². The van der Waals surface area contributed by atoms with Gasteiger partial charge in [0.15, 0.2) is 0 Å². The van der Waals surface area contributed by atoms with Gasteiger partial charge in [-0.05, 0) is 24.5 Å². The fourth-order valence-corrected chi connectivity index (χ4v) is 2.53. The minimum atomic E-state index is -2.81. The summed E-state index contributed by atoms with van der Waals surface area (Å²) in [5.74, 6) is -3.53. The second kappa shape index (κ2) is 4.61. The molecule has 0 unspecified atom stereocenters. The Morgan fingerprint density at radius 3 is 2.44 bits per heavy atom. The lowest BCUT2D eigenvalue weighted by Gasteiger charge is -2.41.